The quantitative estimate of drug-likeness (QED) is 0.598. The van der Waals surface area contributed by atoms with E-state index in [1.807, 2.05) is 16.9 Å². The zero-order chi connectivity index (χ0) is 22.9. The van der Waals surface area contributed by atoms with Crippen LogP contribution in [0.15, 0.2) is 36.8 Å². The molecule has 0 bridgehead atoms. The van der Waals surface area contributed by atoms with Crippen molar-refractivity contribution in [1.29, 1.82) is 5.26 Å². The van der Waals surface area contributed by atoms with Crippen molar-refractivity contribution in [3.63, 3.8) is 0 Å². The number of aromatic nitrogens is 4. The predicted octanol–water partition coefficient (Wildman–Crippen LogP) is 3.06. The van der Waals surface area contributed by atoms with Gasteiger partial charge in [-0.3, -0.25) is 4.90 Å². The molecule has 2 saturated carbocycles. The zero-order valence-corrected chi connectivity index (χ0v) is 19.5. The Morgan fingerprint density at radius 2 is 2.03 bits per heavy atom. The van der Waals surface area contributed by atoms with Gasteiger partial charge in [-0.1, -0.05) is 12.1 Å². The van der Waals surface area contributed by atoms with Crippen molar-refractivity contribution in [3.05, 3.63) is 42.4 Å². The molecular weight excluding hydrogens is 426 g/mol. The Hall–Kier alpha value is -3.02. The first-order valence-electron chi connectivity index (χ1n) is 12.4. The van der Waals surface area contributed by atoms with Crippen LogP contribution in [0.4, 0.5) is 5.82 Å². The van der Waals surface area contributed by atoms with Crippen LogP contribution >= 0.6 is 0 Å². The van der Waals surface area contributed by atoms with Crippen LogP contribution in [-0.2, 0) is 10.2 Å². The molecule has 8 nitrogen and oxygen atoms in total. The average Bonchev–Trinajstić information content (AvgIpc) is 3.60. The van der Waals surface area contributed by atoms with E-state index in [0.29, 0.717) is 12.1 Å². The molecule has 34 heavy (non-hydrogen) atoms. The van der Waals surface area contributed by atoms with Crippen LogP contribution < -0.4 is 4.90 Å². The molecule has 3 aromatic rings. The Labute approximate surface area is 199 Å². The Morgan fingerprint density at radius 1 is 1.15 bits per heavy atom. The minimum atomic E-state index is -0.312. The van der Waals surface area contributed by atoms with Gasteiger partial charge in [0, 0.05) is 49.8 Å². The van der Waals surface area contributed by atoms with Gasteiger partial charge in [0.1, 0.15) is 12.1 Å². The maximum Gasteiger partial charge on any atom is 0.159 e. The molecule has 4 aliphatic rings. The van der Waals surface area contributed by atoms with Crippen molar-refractivity contribution in [2.45, 2.75) is 50.1 Å². The first-order valence-corrected chi connectivity index (χ1v) is 12.4. The first-order chi connectivity index (χ1) is 16.6. The summed E-state index contributed by atoms with van der Waals surface area (Å²) in [6.07, 6.45) is 7.99. The summed E-state index contributed by atoms with van der Waals surface area (Å²) in [5, 5.41) is 15.7. The van der Waals surface area contributed by atoms with Crippen LogP contribution in [0.25, 0.3) is 16.7 Å². The van der Waals surface area contributed by atoms with Gasteiger partial charge >= 0.3 is 0 Å². The van der Waals surface area contributed by atoms with Gasteiger partial charge < -0.3 is 9.64 Å². The van der Waals surface area contributed by atoms with Gasteiger partial charge in [-0.25, -0.2) is 14.6 Å². The van der Waals surface area contributed by atoms with E-state index in [4.69, 9.17) is 4.74 Å². The molecule has 0 unspecified atom stereocenters. The molecule has 8 heteroatoms. The van der Waals surface area contributed by atoms with E-state index in [1.54, 1.807) is 6.33 Å². The number of nitriles is 1. The Morgan fingerprint density at radius 3 is 2.76 bits per heavy atom. The Balaban J connectivity index is 1.17. The van der Waals surface area contributed by atoms with Crippen molar-refractivity contribution in [1.82, 2.24) is 24.6 Å². The Kier molecular flexibility index (Phi) is 4.33. The number of hydrogen-bond donors (Lipinski definition) is 0. The summed E-state index contributed by atoms with van der Waals surface area (Å²) >= 11 is 0. The van der Waals surface area contributed by atoms with E-state index in [2.05, 4.69) is 56.1 Å². The third-order valence-corrected chi connectivity index (χ3v) is 8.72. The summed E-state index contributed by atoms with van der Waals surface area (Å²) in [5.74, 6) is 1.70. The van der Waals surface area contributed by atoms with E-state index < -0.39 is 0 Å². The SMILES string of the molecule is C[C@@H]1CN(c2cc(-n3ncc4ccc([C@@]5(C#N)CC56CC6)cc43)ncn2)CCN1[C@H]1CCOC1. The van der Waals surface area contributed by atoms with Crippen LogP contribution in [0.1, 0.15) is 38.2 Å². The summed E-state index contributed by atoms with van der Waals surface area (Å²) in [7, 11) is 0. The molecule has 0 amide bonds. The molecule has 3 atom stereocenters. The maximum atomic E-state index is 9.98. The fourth-order valence-electron chi connectivity index (χ4n) is 6.45. The second-order valence-corrected chi connectivity index (χ2v) is 10.6. The molecular formula is C26H29N7O. The number of fused-ring (bicyclic) bond motifs is 1. The lowest BCUT2D eigenvalue weighted by Crippen LogP contribution is -2.55. The second-order valence-electron chi connectivity index (χ2n) is 10.6. The van der Waals surface area contributed by atoms with Crippen LogP contribution in [0, 0.1) is 16.7 Å². The molecule has 1 spiro atoms. The molecule has 2 aliphatic heterocycles. The maximum absolute atomic E-state index is 9.98. The van der Waals surface area contributed by atoms with E-state index in [9.17, 15) is 5.26 Å². The van der Waals surface area contributed by atoms with Gasteiger partial charge in [-0.2, -0.15) is 10.4 Å². The van der Waals surface area contributed by atoms with Crippen LogP contribution in [0.3, 0.4) is 0 Å². The van der Waals surface area contributed by atoms with Crippen molar-refractivity contribution in [2.24, 2.45) is 5.41 Å². The monoisotopic (exact) mass is 455 g/mol. The highest BCUT2D eigenvalue weighted by molar-refractivity contribution is 5.82. The van der Waals surface area contributed by atoms with E-state index in [-0.39, 0.29) is 10.8 Å². The molecule has 2 aliphatic carbocycles. The minimum absolute atomic E-state index is 0.242. The largest absolute Gasteiger partial charge is 0.380 e. The summed E-state index contributed by atoms with van der Waals surface area (Å²) in [5.41, 5.74) is 2.05. The fraction of sp³-hybridized carbons (Fsp3) is 0.538. The van der Waals surface area contributed by atoms with Crippen molar-refractivity contribution >= 4 is 16.7 Å². The van der Waals surface area contributed by atoms with Gasteiger partial charge in [0.05, 0.1) is 29.8 Å². The standard InChI is InChI=1S/C26H29N7O/c1-18-13-31(7-8-32(18)21-4-9-34-14-21)23-11-24(29-17-28-23)33-22-10-20(3-2-19(22)12-30-33)26(16-27)15-25(26)5-6-25/h2-3,10-12,17-18,21H,4-9,13-15H2,1H3/t18-,21+,26+/m1/s1. The van der Waals surface area contributed by atoms with Crippen molar-refractivity contribution < 1.29 is 4.74 Å². The molecule has 0 radical (unpaired) electrons. The lowest BCUT2D eigenvalue weighted by atomic mass is 9.93. The van der Waals surface area contributed by atoms with Crippen LogP contribution in [0.5, 0.6) is 0 Å². The topological polar surface area (TPSA) is 83.1 Å². The third-order valence-electron chi connectivity index (χ3n) is 8.72. The number of hydrogen-bond acceptors (Lipinski definition) is 7. The highest BCUT2D eigenvalue weighted by Crippen LogP contribution is 2.78. The molecule has 7 rings (SSSR count). The molecule has 4 fully saturated rings. The molecule has 2 saturated heterocycles. The molecule has 0 N–H and O–H groups in total. The number of ether oxygens (including phenoxy) is 1. The lowest BCUT2D eigenvalue weighted by molar-refractivity contribution is 0.105. The van der Waals surface area contributed by atoms with E-state index in [0.717, 1.165) is 73.8 Å². The fourth-order valence-corrected chi connectivity index (χ4v) is 6.45. The number of rotatable bonds is 4. The highest BCUT2D eigenvalue weighted by Gasteiger charge is 2.75. The predicted molar refractivity (Wildman–Crippen MR) is 128 cm³/mol. The van der Waals surface area contributed by atoms with Crippen molar-refractivity contribution in [3.8, 4) is 11.9 Å². The smallest absolute Gasteiger partial charge is 0.159 e. The first kappa shape index (κ1) is 20.4. The number of piperazine rings is 1. The van der Waals surface area contributed by atoms with E-state index >= 15 is 0 Å². The molecule has 174 valence electrons. The zero-order valence-electron chi connectivity index (χ0n) is 19.5. The molecule has 2 aromatic heterocycles. The summed E-state index contributed by atoms with van der Waals surface area (Å²) in [6.45, 7) is 6.91. The van der Waals surface area contributed by atoms with Gasteiger partial charge in [-0.15, -0.1) is 0 Å². The van der Waals surface area contributed by atoms with Gasteiger partial charge in [0.2, 0.25) is 0 Å². The average molecular weight is 456 g/mol. The highest BCUT2D eigenvalue weighted by atomic mass is 16.5. The van der Waals surface area contributed by atoms with Gasteiger partial charge in [-0.05, 0) is 49.7 Å². The van der Waals surface area contributed by atoms with E-state index in [1.165, 1.54) is 12.8 Å². The number of nitrogens with zero attached hydrogens (tertiary/aromatic N) is 7. The second kappa shape index (κ2) is 7.24. The van der Waals surface area contributed by atoms with Crippen LogP contribution in [-0.4, -0.2) is 69.6 Å². The van der Waals surface area contributed by atoms with Gasteiger partial charge in [0.15, 0.2) is 5.82 Å². The third kappa shape index (κ3) is 2.93. The lowest BCUT2D eigenvalue weighted by Gasteiger charge is -2.43. The van der Waals surface area contributed by atoms with Crippen molar-refractivity contribution in [2.75, 3.05) is 37.7 Å². The summed E-state index contributed by atoms with van der Waals surface area (Å²) in [4.78, 5) is 14.1. The molecule has 1 aromatic carbocycles. The van der Waals surface area contributed by atoms with Crippen LogP contribution in [0.2, 0.25) is 0 Å². The molecule has 4 heterocycles. The normalized spacial score (nSPS) is 30.1. The minimum Gasteiger partial charge on any atom is -0.380 e. The Bertz CT molecular complexity index is 1300. The van der Waals surface area contributed by atoms with Gasteiger partial charge in [0.25, 0.3) is 0 Å². The number of anilines is 1. The summed E-state index contributed by atoms with van der Waals surface area (Å²) in [6, 6.07) is 12.0. The number of benzene rings is 1. The summed E-state index contributed by atoms with van der Waals surface area (Å²) < 4.78 is 7.51.